The molecule has 7 nitrogen and oxygen atoms in total. The maximum absolute atomic E-state index is 12.4. The fraction of sp³-hybridized carbons (Fsp3) is 0.500. The van der Waals surface area contributed by atoms with Crippen molar-refractivity contribution in [3.63, 3.8) is 0 Å². The Kier molecular flexibility index (Phi) is 4.70. The number of halogens is 1. The van der Waals surface area contributed by atoms with Gasteiger partial charge in [-0.2, -0.15) is 14.5 Å². The van der Waals surface area contributed by atoms with E-state index in [4.69, 9.17) is 11.6 Å². The molecule has 0 radical (unpaired) electrons. The zero-order valence-electron chi connectivity index (χ0n) is 12.2. The lowest BCUT2D eigenvalue weighted by Gasteiger charge is -2.14. The first kappa shape index (κ1) is 16.0. The normalized spacial score (nSPS) is 12.2. The highest BCUT2D eigenvalue weighted by Crippen LogP contribution is 2.20. The van der Waals surface area contributed by atoms with E-state index < -0.39 is 10.0 Å². The molecule has 116 valence electrons. The van der Waals surface area contributed by atoms with Gasteiger partial charge in [0.2, 0.25) is 10.0 Å². The monoisotopic (exact) mass is 331 g/mol. The largest absolute Gasteiger partial charge is 0.272 e. The first-order valence-electron chi connectivity index (χ1n) is 6.59. The molecule has 0 spiro atoms. The van der Waals surface area contributed by atoms with Crippen LogP contribution in [-0.2, 0) is 29.7 Å². The van der Waals surface area contributed by atoms with E-state index in [0.29, 0.717) is 23.8 Å². The van der Waals surface area contributed by atoms with Crippen molar-refractivity contribution in [2.45, 2.75) is 38.4 Å². The van der Waals surface area contributed by atoms with Crippen LogP contribution in [0.1, 0.15) is 19.5 Å². The SMILES string of the molecule is CCn1cc(S(=O)(=O)N(C)Cc2nn(CC)cc2Cl)cn1. The molecule has 0 N–H and O–H groups in total. The van der Waals surface area contributed by atoms with Gasteiger partial charge in [-0.25, -0.2) is 8.42 Å². The minimum Gasteiger partial charge on any atom is -0.272 e. The van der Waals surface area contributed by atoms with E-state index >= 15 is 0 Å². The second-order valence-corrected chi connectivity index (χ2v) is 7.02. The van der Waals surface area contributed by atoms with Gasteiger partial charge in [-0.05, 0) is 13.8 Å². The van der Waals surface area contributed by atoms with Crippen LogP contribution in [0, 0.1) is 0 Å². The van der Waals surface area contributed by atoms with Crippen molar-refractivity contribution in [1.29, 1.82) is 0 Å². The lowest BCUT2D eigenvalue weighted by molar-refractivity contribution is 0.458. The van der Waals surface area contributed by atoms with E-state index in [1.807, 2.05) is 13.8 Å². The summed E-state index contributed by atoms with van der Waals surface area (Å²) < 4.78 is 29.4. The molecule has 2 heterocycles. The van der Waals surface area contributed by atoms with E-state index in [-0.39, 0.29) is 11.4 Å². The summed E-state index contributed by atoms with van der Waals surface area (Å²) in [5.74, 6) is 0. The topological polar surface area (TPSA) is 73.0 Å². The van der Waals surface area contributed by atoms with Gasteiger partial charge >= 0.3 is 0 Å². The summed E-state index contributed by atoms with van der Waals surface area (Å²) >= 11 is 6.07. The van der Waals surface area contributed by atoms with E-state index in [9.17, 15) is 8.42 Å². The molecule has 0 aliphatic heterocycles. The molecule has 2 aromatic heterocycles. The Bertz CT molecular complexity index is 722. The van der Waals surface area contributed by atoms with Crippen molar-refractivity contribution < 1.29 is 8.42 Å². The van der Waals surface area contributed by atoms with Gasteiger partial charge in [0.15, 0.2) is 0 Å². The Morgan fingerprint density at radius 1 is 1.24 bits per heavy atom. The zero-order chi connectivity index (χ0) is 15.6. The van der Waals surface area contributed by atoms with Gasteiger partial charge in [-0.15, -0.1) is 0 Å². The number of nitrogens with zero attached hydrogens (tertiary/aromatic N) is 5. The van der Waals surface area contributed by atoms with Crippen LogP contribution in [0.3, 0.4) is 0 Å². The summed E-state index contributed by atoms with van der Waals surface area (Å²) in [7, 11) is -2.10. The lowest BCUT2D eigenvalue weighted by atomic mass is 10.4. The van der Waals surface area contributed by atoms with Crippen LogP contribution in [-0.4, -0.2) is 39.3 Å². The van der Waals surface area contributed by atoms with Crippen LogP contribution in [0.25, 0.3) is 0 Å². The number of hydrogen-bond acceptors (Lipinski definition) is 4. The van der Waals surface area contributed by atoms with Crippen molar-refractivity contribution in [3.05, 3.63) is 29.3 Å². The second kappa shape index (κ2) is 6.17. The Morgan fingerprint density at radius 2 is 1.90 bits per heavy atom. The van der Waals surface area contributed by atoms with Crippen molar-refractivity contribution >= 4 is 21.6 Å². The maximum atomic E-state index is 12.4. The highest BCUT2D eigenvalue weighted by Gasteiger charge is 2.24. The van der Waals surface area contributed by atoms with Crippen molar-refractivity contribution in [3.8, 4) is 0 Å². The van der Waals surface area contributed by atoms with Gasteiger partial charge in [0.1, 0.15) is 4.90 Å². The first-order chi connectivity index (χ1) is 9.88. The lowest BCUT2D eigenvalue weighted by Crippen LogP contribution is -2.26. The smallest absolute Gasteiger partial charge is 0.246 e. The minimum absolute atomic E-state index is 0.117. The van der Waals surface area contributed by atoms with Crippen LogP contribution in [0.15, 0.2) is 23.5 Å². The zero-order valence-corrected chi connectivity index (χ0v) is 13.8. The molecule has 2 rings (SSSR count). The third-order valence-electron chi connectivity index (χ3n) is 3.13. The third kappa shape index (κ3) is 3.28. The Morgan fingerprint density at radius 3 is 2.43 bits per heavy atom. The van der Waals surface area contributed by atoms with Crippen molar-refractivity contribution in [2.24, 2.45) is 0 Å². The quantitative estimate of drug-likeness (QED) is 0.805. The molecule has 0 atom stereocenters. The summed E-state index contributed by atoms with van der Waals surface area (Å²) in [5.41, 5.74) is 0.535. The van der Waals surface area contributed by atoms with Crippen molar-refractivity contribution in [1.82, 2.24) is 23.9 Å². The van der Waals surface area contributed by atoms with Crippen molar-refractivity contribution in [2.75, 3.05) is 7.05 Å². The number of sulfonamides is 1. The van der Waals surface area contributed by atoms with E-state index in [2.05, 4.69) is 10.2 Å². The predicted octanol–water partition coefficient (Wildman–Crippen LogP) is 1.59. The van der Waals surface area contributed by atoms with Crippen LogP contribution in [0.5, 0.6) is 0 Å². The summed E-state index contributed by atoms with van der Waals surface area (Å²) in [6.07, 6.45) is 4.55. The third-order valence-corrected chi connectivity index (χ3v) is 5.20. The summed E-state index contributed by atoms with van der Waals surface area (Å²) in [5, 5.41) is 8.71. The molecule has 0 aliphatic rings. The second-order valence-electron chi connectivity index (χ2n) is 4.57. The predicted molar refractivity (Wildman–Crippen MR) is 79.5 cm³/mol. The van der Waals surface area contributed by atoms with E-state index in [1.54, 1.807) is 15.6 Å². The Labute approximate surface area is 129 Å². The number of rotatable bonds is 6. The molecule has 21 heavy (non-hydrogen) atoms. The molecule has 0 unspecified atom stereocenters. The van der Waals surface area contributed by atoms with Crippen LogP contribution in [0.2, 0.25) is 5.02 Å². The summed E-state index contributed by atoms with van der Waals surface area (Å²) in [6, 6.07) is 0. The van der Waals surface area contributed by atoms with Gasteiger partial charge < -0.3 is 0 Å². The maximum Gasteiger partial charge on any atom is 0.246 e. The van der Waals surface area contributed by atoms with Gasteiger partial charge in [0.25, 0.3) is 0 Å². The number of aryl methyl sites for hydroxylation is 2. The minimum atomic E-state index is -3.60. The molecule has 9 heteroatoms. The highest BCUT2D eigenvalue weighted by atomic mass is 35.5. The molecule has 0 aliphatic carbocycles. The molecular formula is C12H18ClN5O2S. The van der Waals surface area contributed by atoms with Gasteiger partial charge in [0, 0.05) is 32.5 Å². The van der Waals surface area contributed by atoms with Crippen LogP contribution in [0.4, 0.5) is 0 Å². The van der Waals surface area contributed by atoms with Gasteiger partial charge in [-0.1, -0.05) is 11.6 Å². The number of hydrogen-bond donors (Lipinski definition) is 0. The molecule has 0 amide bonds. The average molecular weight is 332 g/mol. The molecular weight excluding hydrogens is 314 g/mol. The molecule has 0 aromatic carbocycles. The van der Waals surface area contributed by atoms with Gasteiger partial charge in [-0.3, -0.25) is 9.36 Å². The Hall–Kier alpha value is -1.38. The highest BCUT2D eigenvalue weighted by molar-refractivity contribution is 7.89. The first-order valence-corrected chi connectivity index (χ1v) is 8.40. The van der Waals surface area contributed by atoms with E-state index in [1.165, 1.54) is 23.7 Å². The molecule has 0 saturated carbocycles. The van der Waals surface area contributed by atoms with Gasteiger partial charge in [0.05, 0.1) is 23.5 Å². The summed E-state index contributed by atoms with van der Waals surface area (Å²) in [4.78, 5) is 0.165. The standard InChI is InChI=1S/C12H18ClN5O2S/c1-4-17-7-10(6-14-17)21(19,20)16(3)9-12-11(13)8-18(5-2)15-12/h6-8H,4-5,9H2,1-3H3. The molecule has 2 aromatic rings. The Balaban J connectivity index is 2.21. The van der Waals surface area contributed by atoms with Crippen LogP contribution >= 0.6 is 11.6 Å². The van der Waals surface area contributed by atoms with E-state index in [0.717, 1.165) is 0 Å². The van der Waals surface area contributed by atoms with Crippen LogP contribution < -0.4 is 0 Å². The molecule has 0 saturated heterocycles. The fourth-order valence-corrected chi connectivity index (χ4v) is 3.13. The summed E-state index contributed by atoms with van der Waals surface area (Å²) in [6.45, 7) is 5.24. The molecule has 0 bridgehead atoms. The number of aromatic nitrogens is 4. The average Bonchev–Trinajstić information content (AvgIpc) is 3.06. The fourth-order valence-electron chi connectivity index (χ4n) is 1.83. The molecule has 0 fully saturated rings.